The van der Waals surface area contributed by atoms with Crippen molar-refractivity contribution < 1.29 is 13.2 Å². The van der Waals surface area contributed by atoms with Crippen LogP contribution >= 0.6 is 0 Å². The van der Waals surface area contributed by atoms with Gasteiger partial charge in [-0.3, -0.25) is 4.79 Å². The number of rotatable bonds is 5. The zero-order chi connectivity index (χ0) is 12.9. The van der Waals surface area contributed by atoms with Gasteiger partial charge in [-0.25, -0.2) is 8.42 Å². The molecule has 0 bridgehead atoms. The van der Waals surface area contributed by atoms with Gasteiger partial charge in [-0.05, 0) is 12.1 Å². The number of amides is 1. The van der Waals surface area contributed by atoms with Crippen LogP contribution in [-0.2, 0) is 9.84 Å². The Morgan fingerprint density at radius 1 is 1.35 bits per heavy atom. The number of carbonyl (C=O) groups excluding carboxylic acids is 1. The maximum Gasteiger partial charge on any atom is 0.252 e. The lowest BCUT2D eigenvalue weighted by molar-refractivity contribution is 0.0951. The lowest BCUT2D eigenvalue weighted by Crippen LogP contribution is -2.30. The molecular formula is C11H16N2O3S. The normalized spacial score (nSPS) is 11.2. The molecule has 17 heavy (non-hydrogen) atoms. The summed E-state index contributed by atoms with van der Waals surface area (Å²) in [5.74, 6) is -0.447. The number of hydrogen-bond acceptors (Lipinski definition) is 4. The summed E-state index contributed by atoms with van der Waals surface area (Å²) in [7, 11) is -3.39. The molecule has 0 atom stereocenters. The summed E-state index contributed by atoms with van der Waals surface area (Å²) in [5.41, 5.74) is 5.44. The monoisotopic (exact) mass is 256 g/mol. The second-order valence-electron chi connectivity index (χ2n) is 3.44. The number of hydrogen-bond donors (Lipinski definition) is 2. The van der Waals surface area contributed by atoms with Crippen molar-refractivity contribution in [2.24, 2.45) is 5.73 Å². The predicted molar refractivity (Wildman–Crippen MR) is 65.6 cm³/mol. The zero-order valence-electron chi connectivity index (χ0n) is 9.64. The molecule has 0 unspecified atom stereocenters. The van der Waals surface area contributed by atoms with Crippen LogP contribution in [-0.4, -0.2) is 33.2 Å². The smallest absolute Gasteiger partial charge is 0.252 e. The van der Waals surface area contributed by atoms with E-state index in [0.29, 0.717) is 13.1 Å². The number of carbonyl (C=O) groups is 1. The highest BCUT2D eigenvalue weighted by molar-refractivity contribution is 7.91. The summed E-state index contributed by atoms with van der Waals surface area (Å²) < 4.78 is 23.6. The van der Waals surface area contributed by atoms with E-state index in [-0.39, 0.29) is 16.2 Å². The first-order chi connectivity index (χ1) is 8.03. The summed E-state index contributed by atoms with van der Waals surface area (Å²) in [6.45, 7) is 2.18. The molecule has 0 aliphatic carbocycles. The number of nitrogens with one attached hydrogen (secondary N) is 1. The van der Waals surface area contributed by atoms with Gasteiger partial charge in [0.05, 0.1) is 16.2 Å². The van der Waals surface area contributed by atoms with E-state index >= 15 is 0 Å². The quantitative estimate of drug-likeness (QED) is 0.786. The van der Waals surface area contributed by atoms with E-state index in [1.54, 1.807) is 19.1 Å². The Morgan fingerprint density at radius 3 is 2.59 bits per heavy atom. The molecule has 0 aromatic heterocycles. The second kappa shape index (κ2) is 5.79. The molecule has 1 rings (SSSR count). The summed E-state index contributed by atoms with van der Waals surface area (Å²) in [4.78, 5) is 11.8. The van der Waals surface area contributed by atoms with Crippen molar-refractivity contribution in [3.63, 3.8) is 0 Å². The molecule has 3 N–H and O–H groups in total. The average Bonchev–Trinajstić information content (AvgIpc) is 2.36. The van der Waals surface area contributed by atoms with E-state index in [0.717, 1.165) is 0 Å². The largest absolute Gasteiger partial charge is 0.351 e. The summed E-state index contributed by atoms with van der Waals surface area (Å²) in [6.07, 6.45) is 0. The maximum absolute atomic E-state index is 11.8. The molecule has 6 heteroatoms. The molecule has 0 spiro atoms. The highest BCUT2D eigenvalue weighted by Gasteiger charge is 2.19. The van der Waals surface area contributed by atoms with Crippen molar-refractivity contribution in [2.45, 2.75) is 11.8 Å². The van der Waals surface area contributed by atoms with Gasteiger partial charge in [-0.1, -0.05) is 19.1 Å². The first-order valence-corrected chi connectivity index (χ1v) is 6.98. The Kier molecular flexibility index (Phi) is 4.65. The molecule has 1 amide bonds. The molecule has 1 aromatic rings. The molecule has 1 aromatic carbocycles. The lowest BCUT2D eigenvalue weighted by atomic mass is 10.2. The van der Waals surface area contributed by atoms with E-state index in [1.165, 1.54) is 12.1 Å². The predicted octanol–water partition coefficient (Wildman–Crippen LogP) is 0.169. The fraction of sp³-hybridized carbons (Fsp3) is 0.364. The topological polar surface area (TPSA) is 89.3 Å². The third-order valence-electron chi connectivity index (χ3n) is 2.28. The molecule has 0 saturated carbocycles. The van der Waals surface area contributed by atoms with E-state index in [4.69, 9.17) is 5.73 Å². The number of sulfone groups is 1. The van der Waals surface area contributed by atoms with Crippen LogP contribution in [0.15, 0.2) is 29.2 Å². The van der Waals surface area contributed by atoms with Crippen LogP contribution in [0.2, 0.25) is 0 Å². The van der Waals surface area contributed by atoms with E-state index < -0.39 is 15.7 Å². The molecule has 0 radical (unpaired) electrons. The highest BCUT2D eigenvalue weighted by atomic mass is 32.2. The van der Waals surface area contributed by atoms with Crippen LogP contribution in [0.1, 0.15) is 17.3 Å². The van der Waals surface area contributed by atoms with Crippen molar-refractivity contribution >= 4 is 15.7 Å². The van der Waals surface area contributed by atoms with Gasteiger partial charge in [-0.2, -0.15) is 0 Å². The Balaban J connectivity index is 3.13. The van der Waals surface area contributed by atoms with Crippen molar-refractivity contribution in [2.75, 3.05) is 18.8 Å². The fourth-order valence-corrected chi connectivity index (χ4v) is 2.45. The van der Waals surface area contributed by atoms with Crippen LogP contribution < -0.4 is 11.1 Å². The number of nitrogens with two attached hydrogens (primary N) is 1. The summed E-state index contributed by atoms with van der Waals surface area (Å²) in [6, 6.07) is 6.17. The van der Waals surface area contributed by atoms with Gasteiger partial charge in [0, 0.05) is 13.1 Å². The van der Waals surface area contributed by atoms with Gasteiger partial charge in [0.15, 0.2) is 9.84 Å². The van der Waals surface area contributed by atoms with Gasteiger partial charge in [0.1, 0.15) is 0 Å². The van der Waals surface area contributed by atoms with Crippen LogP contribution in [0, 0.1) is 0 Å². The van der Waals surface area contributed by atoms with Gasteiger partial charge in [0.2, 0.25) is 0 Å². The first-order valence-electron chi connectivity index (χ1n) is 5.33. The molecule has 0 aliphatic heterocycles. The van der Waals surface area contributed by atoms with Crippen LogP contribution in [0.4, 0.5) is 0 Å². The van der Waals surface area contributed by atoms with E-state index in [9.17, 15) is 13.2 Å². The van der Waals surface area contributed by atoms with E-state index in [2.05, 4.69) is 5.32 Å². The molecule has 0 fully saturated rings. The third-order valence-corrected chi connectivity index (χ3v) is 4.06. The Morgan fingerprint density at radius 2 is 2.00 bits per heavy atom. The summed E-state index contributed by atoms with van der Waals surface area (Å²) >= 11 is 0. The van der Waals surface area contributed by atoms with Gasteiger partial charge in [0.25, 0.3) is 5.91 Å². The highest BCUT2D eigenvalue weighted by Crippen LogP contribution is 2.16. The molecule has 0 heterocycles. The molecule has 0 aliphatic rings. The van der Waals surface area contributed by atoms with Gasteiger partial charge >= 0.3 is 0 Å². The molecular weight excluding hydrogens is 240 g/mol. The van der Waals surface area contributed by atoms with Gasteiger partial charge < -0.3 is 11.1 Å². The van der Waals surface area contributed by atoms with E-state index in [1.807, 2.05) is 0 Å². The third kappa shape index (κ3) is 3.28. The second-order valence-corrected chi connectivity index (χ2v) is 5.69. The summed E-state index contributed by atoms with van der Waals surface area (Å²) in [5, 5.41) is 2.56. The Labute approximate surface area is 101 Å². The fourth-order valence-electron chi connectivity index (χ4n) is 1.36. The molecule has 5 nitrogen and oxygen atoms in total. The zero-order valence-corrected chi connectivity index (χ0v) is 10.5. The SMILES string of the molecule is CCS(=O)(=O)c1ccccc1C(=O)NCCN. The van der Waals surface area contributed by atoms with Crippen molar-refractivity contribution in [3.05, 3.63) is 29.8 Å². The van der Waals surface area contributed by atoms with Crippen LogP contribution in [0.3, 0.4) is 0 Å². The average molecular weight is 256 g/mol. The minimum atomic E-state index is -3.39. The number of benzene rings is 1. The Hall–Kier alpha value is -1.40. The minimum absolute atomic E-state index is 0.0335. The first kappa shape index (κ1) is 13.7. The van der Waals surface area contributed by atoms with Crippen LogP contribution in [0.5, 0.6) is 0 Å². The van der Waals surface area contributed by atoms with Crippen molar-refractivity contribution in [1.29, 1.82) is 0 Å². The minimum Gasteiger partial charge on any atom is -0.351 e. The molecule has 94 valence electrons. The van der Waals surface area contributed by atoms with Crippen LogP contribution in [0.25, 0.3) is 0 Å². The lowest BCUT2D eigenvalue weighted by Gasteiger charge is -2.09. The van der Waals surface area contributed by atoms with Crippen molar-refractivity contribution in [1.82, 2.24) is 5.32 Å². The standard InChI is InChI=1S/C11H16N2O3S/c1-2-17(15,16)10-6-4-3-5-9(10)11(14)13-8-7-12/h3-6H,2,7-8,12H2,1H3,(H,13,14). The maximum atomic E-state index is 11.8. The van der Waals surface area contributed by atoms with Crippen molar-refractivity contribution in [3.8, 4) is 0 Å². The molecule has 0 saturated heterocycles. The van der Waals surface area contributed by atoms with Gasteiger partial charge in [-0.15, -0.1) is 0 Å². The Bertz CT molecular complexity index is 497.